The van der Waals surface area contributed by atoms with Crippen LogP contribution in [0.3, 0.4) is 0 Å². The normalized spacial score (nSPS) is 10.3. The van der Waals surface area contributed by atoms with Crippen LogP contribution in [0.2, 0.25) is 0 Å². The van der Waals surface area contributed by atoms with E-state index in [-0.39, 0.29) is 34.9 Å². The smallest absolute Gasteiger partial charge is 0.341 e. The van der Waals surface area contributed by atoms with E-state index in [9.17, 15) is 14.4 Å². The number of furan rings is 2. The predicted molar refractivity (Wildman–Crippen MR) is 92.3 cm³/mol. The van der Waals surface area contributed by atoms with Crippen LogP contribution in [-0.2, 0) is 16.1 Å². The van der Waals surface area contributed by atoms with Gasteiger partial charge in [0.1, 0.15) is 5.56 Å². The van der Waals surface area contributed by atoms with Crippen LogP contribution < -0.4 is 5.32 Å². The standard InChI is InChI=1S/C19H15NO7/c1-24-18(22)13-8-10-26-16(13)11-27-19(23)12-5-2-3-6-14(12)20-17(21)15-7-4-9-25-15/h2-10H,11H2,1H3,(H,20,21). The molecular formula is C19H15NO7. The molecule has 1 aromatic carbocycles. The van der Waals surface area contributed by atoms with Gasteiger partial charge < -0.3 is 23.6 Å². The first kappa shape index (κ1) is 18.0. The quantitative estimate of drug-likeness (QED) is 0.664. The molecular weight excluding hydrogens is 354 g/mol. The third-order valence-electron chi connectivity index (χ3n) is 3.63. The molecule has 2 heterocycles. The van der Waals surface area contributed by atoms with Gasteiger partial charge in [-0.15, -0.1) is 0 Å². The fraction of sp³-hybridized carbons (Fsp3) is 0.105. The summed E-state index contributed by atoms with van der Waals surface area (Å²) in [6, 6.07) is 10.9. The number of para-hydroxylation sites is 1. The average molecular weight is 369 g/mol. The third kappa shape index (κ3) is 4.06. The van der Waals surface area contributed by atoms with E-state index >= 15 is 0 Å². The minimum atomic E-state index is -0.697. The molecule has 8 nitrogen and oxygen atoms in total. The fourth-order valence-electron chi connectivity index (χ4n) is 2.31. The summed E-state index contributed by atoms with van der Waals surface area (Å²) >= 11 is 0. The Morgan fingerprint density at radius 2 is 1.74 bits per heavy atom. The Morgan fingerprint density at radius 3 is 2.48 bits per heavy atom. The van der Waals surface area contributed by atoms with Crippen LogP contribution in [0, 0.1) is 0 Å². The van der Waals surface area contributed by atoms with E-state index in [2.05, 4.69) is 10.1 Å². The van der Waals surface area contributed by atoms with E-state index in [4.69, 9.17) is 13.6 Å². The van der Waals surface area contributed by atoms with Gasteiger partial charge in [0, 0.05) is 0 Å². The summed E-state index contributed by atoms with van der Waals surface area (Å²) in [5.41, 5.74) is 0.574. The zero-order valence-corrected chi connectivity index (χ0v) is 14.3. The van der Waals surface area contributed by atoms with Crippen molar-refractivity contribution in [3.05, 3.63) is 77.6 Å². The van der Waals surface area contributed by atoms with Crippen LogP contribution in [0.25, 0.3) is 0 Å². The van der Waals surface area contributed by atoms with Gasteiger partial charge in [0.05, 0.1) is 30.9 Å². The van der Waals surface area contributed by atoms with Crippen LogP contribution in [0.15, 0.2) is 63.8 Å². The van der Waals surface area contributed by atoms with Crippen molar-refractivity contribution in [3.8, 4) is 0 Å². The number of benzene rings is 1. The number of rotatable bonds is 6. The Kier molecular flexibility index (Phi) is 5.36. The van der Waals surface area contributed by atoms with E-state index < -0.39 is 17.8 Å². The number of esters is 2. The topological polar surface area (TPSA) is 108 Å². The van der Waals surface area contributed by atoms with E-state index in [1.807, 2.05) is 0 Å². The maximum absolute atomic E-state index is 12.4. The maximum Gasteiger partial charge on any atom is 0.341 e. The highest BCUT2D eigenvalue weighted by atomic mass is 16.5. The summed E-state index contributed by atoms with van der Waals surface area (Å²) in [5, 5.41) is 2.59. The molecule has 0 aliphatic heterocycles. The molecule has 2 aromatic heterocycles. The lowest BCUT2D eigenvalue weighted by Crippen LogP contribution is -2.15. The zero-order chi connectivity index (χ0) is 19.2. The fourth-order valence-corrected chi connectivity index (χ4v) is 2.31. The first-order chi connectivity index (χ1) is 13.1. The molecule has 8 heteroatoms. The van der Waals surface area contributed by atoms with Crippen molar-refractivity contribution in [3.63, 3.8) is 0 Å². The van der Waals surface area contributed by atoms with Gasteiger partial charge in [-0.05, 0) is 30.3 Å². The minimum absolute atomic E-state index is 0.108. The molecule has 1 amide bonds. The first-order valence-electron chi connectivity index (χ1n) is 7.86. The number of hydrogen-bond donors (Lipinski definition) is 1. The molecule has 0 spiro atoms. The average Bonchev–Trinajstić information content (AvgIpc) is 3.37. The van der Waals surface area contributed by atoms with Crippen molar-refractivity contribution in [2.24, 2.45) is 0 Å². The summed E-state index contributed by atoms with van der Waals surface area (Å²) in [4.78, 5) is 36.2. The van der Waals surface area contributed by atoms with Crippen molar-refractivity contribution < 1.29 is 32.7 Å². The van der Waals surface area contributed by atoms with Gasteiger partial charge in [-0.1, -0.05) is 12.1 Å². The number of carbonyl (C=O) groups is 3. The van der Waals surface area contributed by atoms with E-state index in [1.54, 1.807) is 24.3 Å². The van der Waals surface area contributed by atoms with Crippen LogP contribution >= 0.6 is 0 Å². The van der Waals surface area contributed by atoms with Gasteiger partial charge in [0.2, 0.25) is 0 Å². The monoisotopic (exact) mass is 369 g/mol. The van der Waals surface area contributed by atoms with Crippen molar-refractivity contribution in [2.75, 3.05) is 12.4 Å². The number of nitrogens with one attached hydrogen (secondary N) is 1. The molecule has 138 valence electrons. The minimum Gasteiger partial charge on any atom is -0.465 e. The van der Waals surface area contributed by atoms with Crippen LogP contribution in [0.5, 0.6) is 0 Å². The SMILES string of the molecule is COC(=O)c1ccoc1COC(=O)c1ccccc1NC(=O)c1ccco1. The van der Waals surface area contributed by atoms with E-state index in [0.717, 1.165) is 0 Å². The van der Waals surface area contributed by atoms with E-state index in [0.29, 0.717) is 0 Å². The Balaban J connectivity index is 1.71. The van der Waals surface area contributed by atoms with Crippen LogP contribution in [0.4, 0.5) is 5.69 Å². The van der Waals surface area contributed by atoms with E-state index in [1.165, 1.54) is 37.8 Å². The lowest BCUT2D eigenvalue weighted by molar-refractivity contribution is 0.0433. The number of hydrogen-bond acceptors (Lipinski definition) is 7. The van der Waals surface area contributed by atoms with Gasteiger partial charge in [-0.25, -0.2) is 9.59 Å². The second kappa shape index (κ2) is 8.05. The Bertz CT molecular complexity index is 956. The Morgan fingerprint density at radius 1 is 0.926 bits per heavy atom. The predicted octanol–water partition coefficient (Wildman–Crippen LogP) is 3.27. The lowest BCUT2D eigenvalue weighted by atomic mass is 10.1. The molecule has 0 atom stereocenters. The molecule has 0 unspecified atom stereocenters. The molecule has 0 radical (unpaired) electrons. The molecule has 3 rings (SSSR count). The molecule has 0 saturated carbocycles. The number of ether oxygens (including phenoxy) is 2. The highest BCUT2D eigenvalue weighted by Gasteiger charge is 2.19. The summed E-state index contributed by atoms with van der Waals surface area (Å²) in [6.45, 7) is -0.267. The highest BCUT2D eigenvalue weighted by Crippen LogP contribution is 2.19. The van der Waals surface area contributed by atoms with Crippen molar-refractivity contribution in [1.82, 2.24) is 0 Å². The third-order valence-corrected chi connectivity index (χ3v) is 3.63. The number of amides is 1. The van der Waals surface area contributed by atoms with Gasteiger partial charge in [-0.3, -0.25) is 4.79 Å². The number of anilines is 1. The van der Waals surface area contributed by atoms with Gasteiger partial charge in [-0.2, -0.15) is 0 Å². The second-order valence-electron chi connectivity index (χ2n) is 5.30. The summed E-state index contributed by atoms with van der Waals surface area (Å²) in [5.74, 6) is -1.53. The highest BCUT2D eigenvalue weighted by molar-refractivity contribution is 6.06. The Labute approximate surface area is 153 Å². The zero-order valence-electron chi connectivity index (χ0n) is 14.3. The molecule has 0 saturated heterocycles. The van der Waals surface area contributed by atoms with Crippen molar-refractivity contribution in [1.29, 1.82) is 0 Å². The lowest BCUT2D eigenvalue weighted by Gasteiger charge is -2.10. The Hall–Kier alpha value is -3.81. The molecule has 0 aliphatic rings. The number of methoxy groups -OCH3 is 1. The van der Waals surface area contributed by atoms with Crippen LogP contribution in [-0.4, -0.2) is 25.0 Å². The van der Waals surface area contributed by atoms with Crippen LogP contribution in [0.1, 0.15) is 37.0 Å². The molecule has 3 aromatic rings. The maximum atomic E-state index is 12.4. The van der Waals surface area contributed by atoms with Crippen molar-refractivity contribution >= 4 is 23.5 Å². The largest absolute Gasteiger partial charge is 0.465 e. The summed E-state index contributed by atoms with van der Waals surface area (Å²) < 4.78 is 20.0. The molecule has 0 aliphatic carbocycles. The molecule has 0 fully saturated rings. The van der Waals surface area contributed by atoms with Gasteiger partial charge in [0.25, 0.3) is 5.91 Å². The first-order valence-corrected chi connectivity index (χ1v) is 7.86. The van der Waals surface area contributed by atoms with Crippen molar-refractivity contribution in [2.45, 2.75) is 6.61 Å². The second-order valence-corrected chi connectivity index (χ2v) is 5.30. The van der Waals surface area contributed by atoms with Gasteiger partial charge in [0.15, 0.2) is 18.1 Å². The summed E-state index contributed by atoms with van der Waals surface area (Å²) in [7, 11) is 1.24. The molecule has 0 bridgehead atoms. The summed E-state index contributed by atoms with van der Waals surface area (Å²) in [6.07, 6.45) is 2.67. The molecule has 27 heavy (non-hydrogen) atoms. The van der Waals surface area contributed by atoms with Gasteiger partial charge >= 0.3 is 11.9 Å². The molecule has 1 N–H and O–H groups in total. The number of carbonyl (C=O) groups excluding carboxylic acids is 3.